The maximum absolute atomic E-state index is 12.1. The molecule has 2 aromatic rings. The summed E-state index contributed by atoms with van der Waals surface area (Å²) in [6, 6.07) is 12.1. The van der Waals surface area contributed by atoms with Crippen molar-refractivity contribution in [2.24, 2.45) is 0 Å². The highest BCUT2D eigenvalue weighted by Gasteiger charge is 2.07. The number of aryl methyl sites for hydroxylation is 1. The summed E-state index contributed by atoms with van der Waals surface area (Å²) in [5.74, 6) is -1.33. The number of carbonyl (C=O) groups excluding carboxylic acids is 1. The number of nitrogens with one attached hydrogen (secondary N) is 1. The van der Waals surface area contributed by atoms with Crippen LogP contribution in [0.2, 0.25) is 0 Å². The predicted octanol–water partition coefficient (Wildman–Crippen LogP) is 2.74. The van der Waals surface area contributed by atoms with E-state index >= 15 is 0 Å². The number of rotatable bonds is 4. The molecule has 2 rings (SSSR count). The number of pyridine rings is 1. The van der Waals surface area contributed by atoms with Crippen LogP contribution in [0, 0.1) is 6.92 Å². The molecule has 0 radical (unpaired) electrons. The molecule has 1 amide bonds. The summed E-state index contributed by atoms with van der Waals surface area (Å²) in [7, 11) is 0. The van der Waals surface area contributed by atoms with Crippen molar-refractivity contribution < 1.29 is 14.7 Å². The number of hydrogen-bond donors (Lipinski definition) is 2. The van der Waals surface area contributed by atoms with E-state index in [1.807, 2.05) is 13.0 Å². The summed E-state index contributed by atoms with van der Waals surface area (Å²) in [6.07, 6.45) is 2.51. The lowest BCUT2D eigenvalue weighted by Crippen LogP contribution is -2.13. The van der Waals surface area contributed by atoms with Crippen molar-refractivity contribution in [3.63, 3.8) is 0 Å². The van der Waals surface area contributed by atoms with E-state index in [9.17, 15) is 9.59 Å². The lowest BCUT2D eigenvalue weighted by Gasteiger charge is -2.06. The molecule has 0 fully saturated rings. The zero-order valence-corrected chi connectivity index (χ0v) is 11.4. The van der Waals surface area contributed by atoms with E-state index in [0.29, 0.717) is 16.9 Å². The first-order valence-corrected chi connectivity index (χ1v) is 6.31. The third-order valence-corrected chi connectivity index (χ3v) is 2.68. The summed E-state index contributed by atoms with van der Waals surface area (Å²) in [6.45, 7) is 1.81. The van der Waals surface area contributed by atoms with E-state index in [1.54, 1.807) is 36.4 Å². The molecule has 0 aliphatic heterocycles. The van der Waals surface area contributed by atoms with Crippen LogP contribution in [0.5, 0.6) is 0 Å². The average Bonchev–Trinajstić information content (AvgIpc) is 2.45. The molecule has 0 aliphatic rings. The van der Waals surface area contributed by atoms with Crippen molar-refractivity contribution >= 4 is 23.6 Å². The Bertz CT molecular complexity index is 708. The van der Waals surface area contributed by atoms with Gasteiger partial charge < -0.3 is 10.4 Å². The summed E-state index contributed by atoms with van der Waals surface area (Å²) < 4.78 is 0. The summed E-state index contributed by atoms with van der Waals surface area (Å²) in [5, 5.41) is 11.3. The first kappa shape index (κ1) is 14.5. The Morgan fingerprint density at radius 1 is 1.19 bits per heavy atom. The van der Waals surface area contributed by atoms with E-state index in [1.165, 1.54) is 6.08 Å². The Hall–Kier alpha value is -2.95. The van der Waals surface area contributed by atoms with Crippen LogP contribution in [-0.2, 0) is 4.79 Å². The van der Waals surface area contributed by atoms with E-state index in [4.69, 9.17) is 5.11 Å². The van der Waals surface area contributed by atoms with Gasteiger partial charge in [0.2, 0.25) is 0 Å². The Balaban J connectivity index is 2.14. The van der Waals surface area contributed by atoms with Crippen molar-refractivity contribution in [1.29, 1.82) is 0 Å². The first-order valence-electron chi connectivity index (χ1n) is 6.31. The number of anilines is 1. The molecule has 5 heteroatoms. The zero-order chi connectivity index (χ0) is 15.2. The maximum atomic E-state index is 12.1. The fraction of sp³-hybridized carbons (Fsp3) is 0.0625. The number of nitrogens with zero attached hydrogens (tertiary/aromatic N) is 1. The number of carboxylic acid groups (broad SMARTS) is 1. The molecule has 0 saturated carbocycles. The minimum Gasteiger partial charge on any atom is -0.478 e. The maximum Gasteiger partial charge on any atom is 0.328 e. The molecular weight excluding hydrogens is 268 g/mol. The number of carboxylic acids is 1. The van der Waals surface area contributed by atoms with Crippen LogP contribution in [0.25, 0.3) is 6.08 Å². The molecule has 21 heavy (non-hydrogen) atoms. The lowest BCUT2D eigenvalue weighted by atomic mass is 10.2. The predicted molar refractivity (Wildman–Crippen MR) is 80.0 cm³/mol. The second-order valence-corrected chi connectivity index (χ2v) is 4.42. The summed E-state index contributed by atoms with van der Waals surface area (Å²) >= 11 is 0. The van der Waals surface area contributed by atoms with Crippen molar-refractivity contribution in [3.8, 4) is 0 Å². The molecule has 5 nitrogen and oxygen atoms in total. The van der Waals surface area contributed by atoms with Gasteiger partial charge in [0.15, 0.2) is 0 Å². The van der Waals surface area contributed by atoms with E-state index < -0.39 is 5.97 Å². The van der Waals surface area contributed by atoms with Crippen molar-refractivity contribution in [3.05, 3.63) is 65.5 Å². The Morgan fingerprint density at radius 2 is 1.95 bits per heavy atom. The van der Waals surface area contributed by atoms with Gasteiger partial charge in [-0.2, -0.15) is 0 Å². The van der Waals surface area contributed by atoms with Crippen LogP contribution in [0.4, 0.5) is 5.69 Å². The van der Waals surface area contributed by atoms with Crippen molar-refractivity contribution in [2.75, 3.05) is 5.32 Å². The van der Waals surface area contributed by atoms with E-state index in [0.717, 1.165) is 11.8 Å². The van der Waals surface area contributed by atoms with Gasteiger partial charge >= 0.3 is 5.97 Å². The van der Waals surface area contributed by atoms with Gasteiger partial charge in [-0.3, -0.25) is 4.79 Å². The van der Waals surface area contributed by atoms with Crippen molar-refractivity contribution in [1.82, 2.24) is 4.98 Å². The van der Waals surface area contributed by atoms with Gasteiger partial charge in [0, 0.05) is 17.5 Å². The van der Waals surface area contributed by atoms with Crippen LogP contribution >= 0.6 is 0 Å². The fourth-order valence-corrected chi connectivity index (χ4v) is 1.75. The number of hydrogen-bond acceptors (Lipinski definition) is 3. The minimum absolute atomic E-state index is 0.307. The molecule has 0 unspecified atom stereocenters. The fourth-order valence-electron chi connectivity index (χ4n) is 1.75. The highest BCUT2D eigenvalue weighted by molar-refractivity contribution is 6.03. The van der Waals surface area contributed by atoms with Crippen LogP contribution in [0.15, 0.2) is 48.5 Å². The standard InChI is InChI=1S/C16H14N2O3/c1-11-4-2-7-14(17-11)16(21)18-13-6-3-5-12(10-13)8-9-15(19)20/h2-10H,1H3,(H,18,21)(H,19,20). The van der Waals surface area contributed by atoms with Crippen LogP contribution in [0.3, 0.4) is 0 Å². The first-order chi connectivity index (χ1) is 10.0. The molecule has 0 bridgehead atoms. The third-order valence-electron chi connectivity index (χ3n) is 2.68. The molecule has 1 heterocycles. The average molecular weight is 282 g/mol. The third kappa shape index (κ3) is 4.28. The van der Waals surface area contributed by atoms with Gasteiger partial charge in [-0.25, -0.2) is 9.78 Å². The Labute approximate surface area is 122 Å². The smallest absolute Gasteiger partial charge is 0.328 e. The van der Waals surface area contributed by atoms with Gasteiger partial charge in [-0.1, -0.05) is 18.2 Å². The van der Waals surface area contributed by atoms with Crippen LogP contribution < -0.4 is 5.32 Å². The quantitative estimate of drug-likeness (QED) is 0.845. The van der Waals surface area contributed by atoms with Crippen LogP contribution in [0.1, 0.15) is 21.7 Å². The summed E-state index contributed by atoms with van der Waals surface area (Å²) in [5.41, 5.74) is 2.37. The van der Waals surface area contributed by atoms with Gasteiger partial charge in [-0.15, -0.1) is 0 Å². The van der Waals surface area contributed by atoms with Gasteiger partial charge in [0.25, 0.3) is 5.91 Å². The lowest BCUT2D eigenvalue weighted by molar-refractivity contribution is -0.131. The normalized spacial score (nSPS) is 10.5. The molecule has 0 saturated heterocycles. The van der Waals surface area contributed by atoms with Crippen molar-refractivity contribution in [2.45, 2.75) is 6.92 Å². The van der Waals surface area contributed by atoms with E-state index in [-0.39, 0.29) is 5.91 Å². The second kappa shape index (κ2) is 6.47. The molecule has 1 aromatic heterocycles. The molecule has 106 valence electrons. The van der Waals surface area contributed by atoms with Gasteiger partial charge in [-0.05, 0) is 42.8 Å². The van der Waals surface area contributed by atoms with Crippen LogP contribution in [-0.4, -0.2) is 22.0 Å². The number of benzene rings is 1. The number of amides is 1. The Kier molecular flexibility index (Phi) is 4.46. The topological polar surface area (TPSA) is 79.3 Å². The monoisotopic (exact) mass is 282 g/mol. The summed E-state index contributed by atoms with van der Waals surface area (Å²) in [4.78, 5) is 26.7. The molecular formula is C16H14N2O3. The minimum atomic E-state index is -1.02. The largest absolute Gasteiger partial charge is 0.478 e. The Morgan fingerprint density at radius 3 is 2.67 bits per heavy atom. The van der Waals surface area contributed by atoms with Gasteiger partial charge in [0.1, 0.15) is 5.69 Å². The molecule has 2 N–H and O–H groups in total. The van der Waals surface area contributed by atoms with Gasteiger partial charge in [0.05, 0.1) is 0 Å². The molecule has 1 aromatic carbocycles. The second-order valence-electron chi connectivity index (χ2n) is 4.42. The number of aliphatic carboxylic acids is 1. The highest BCUT2D eigenvalue weighted by Crippen LogP contribution is 2.13. The zero-order valence-electron chi connectivity index (χ0n) is 11.4. The molecule has 0 aliphatic carbocycles. The number of aromatic nitrogens is 1. The van der Waals surface area contributed by atoms with E-state index in [2.05, 4.69) is 10.3 Å². The molecule has 0 spiro atoms. The number of carbonyl (C=O) groups is 2. The highest BCUT2D eigenvalue weighted by atomic mass is 16.4. The SMILES string of the molecule is Cc1cccc(C(=O)Nc2cccc(C=CC(=O)O)c2)n1. The molecule has 0 atom stereocenters.